The lowest BCUT2D eigenvalue weighted by molar-refractivity contribution is -0.175. The molecule has 2 atom stereocenters. The molecule has 3 saturated heterocycles. The second-order valence-electron chi connectivity index (χ2n) is 12.2. The van der Waals surface area contributed by atoms with Crippen LogP contribution in [0.15, 0.2) is 59.3 Å². The maximum atomic E-state index is 10.4. The zero-order valence-corrected chi connectivity index (χ0v) is 24.7. The Bertz CT molecular complexity index is 1590. The van der Waals surface area contributed by atoms with Gasteiger partial charge in [-0.2, -0.15) is 4.98 Å². The summed E-state index contributed by atoms with van der Waals surface area (Å²) in [7, 11) is 1.63. The van der Waals surface area contributed by atoms with Crippen molar-refractivity contribution in [3.8, 4) is 11.5 Å². The third-order valence-electron chi connectivity index (χ3n) is 9.09. The Hall–Kier alpha value is -3.90. The predicted molar refractivity (Wildman–Crippen MR) is 161 cm³/mol. The lowest BCUT2D eigenvalue weighted by Crippen LogP contribution is -2.51. The molecule has 43 heavy (non-hydrogen) atoms. The van der Waals surface area contributed by atoms with E-state index in [1.165, 1.54) is 0 Å². The summed E-state index contributed by atoms with van der Waals surface area (Å²) in [5.41, 5.74) is 3.43. The third kappa shape index (κ3) is 5.16. The number of aliphatic hydroxyl groups is 1. The lowest BCUT2D eigenvalue weighted by Gasteiger charge is -2.46. The molecule has 0 saturated carbocycles. The Labute approximate surface area is 250 Å². The summed E-state index contributed by atoms with van der Waals surface area (Å²) in [5.74, 6) is 2.38. The van der Waals surface area contributed by atoms with Crippen LogP contribution in [0.1, 0.15) is 68.1 Å². The summed E-state index contributed by atoms with van der Waals surface area (Å²) in [6.07, 6.45) is 4.40. The van der Waals surface area contributed by atoms with Crippen molar-refractivity contribution >= 4 is 17.3 Å². The number of fused-ring (bicyclic) bond motifs is 4. The number of hydrogen-bond donors (Lipinski definition) is 3. The first-order valence-electron chi connectivity index (χ1n) is 14.9. The van der Waals surface area contributed by atoms with E-state index in [-0.39, 0.29) is 18.1 Å². The lowest BCUT2D eigenvalue weighted by atomic mass is 9.71. The normalized spacial score (nSPS) is 24.5. The number of piperidine rings is 3. The smallest absolute Gasteiger partial charge is 0.261 e. The van der Waals surface area contributed by atoms with Gasteiger partial charge in [-0.1, -0.05) is 35.5 Å². The Morgan fingerprint density at radius 2 is 1.81 bits per heavy atom. The first-order chi connectivity index (χ1) is 20.9. The molecule has 0 amide bonds. The molecular formula is C32H37N7O4. The highest BCUT2D eigenvalue weighted by Crippen LogP contribution is 2.44. The van der Waals surface area contributed by atoms with Gasteiger partial charge in [-0.05, 0) is 70.4 Å². The number of rotatable bonds is 9. The first kappa shape index (κ1) is 27.9. The monoisotopic (exact) mass is 583 g/mol. The number of anilines is 3. The predicted octanol–water partition coefficient (Wildman–Crippen LogP) is 5.06. The SMILES string of the molecule is CO[C@@H]1OC(C)(C)c2nc(Nc3cc(N[C@H](CO)c4ccccc4)c(-c4nc(C56CCN(CC5)CC6)no4)cn3)ccc21. The van der Waals surface area contributed by atoms with Gasteiger partial charge in [-0.3, -0.25) is 0 Å². The highest BCUT2D eigenvalue weighted by atomic mass is 16.7. The molecule has 7 heterocycles. The van der Waals surface area contributed by atoms with Crippen molar-refractivity contribution in [2.75, 3.05) is 44.0 Å². The molecule has 4 aromatic rings. The van der Waals surface area contributed by atoms with E-state index in [4.69, 9.17) is 28.9 Å². The average Bonchev–Trinajstić information content (AvgIpc) is 3.64. The van der Waals surface area contributed by atoms with Crippen molar-refractivity contribution in [1.82, 2.24) is 25.0 Å². The minimum Gasteiger partial charge on any atom is -0.394 e. The number of hydrogen-bond acceptors (Lipinski definition) is 11. The number of nitrogens with one attached hydrogen (secondary N) is 2. The molecule has 1 aromatic carbocycles. The van der Waals surface area contributed by atoms with Gasteiger partial charge in [0.25, 0.3) is 5.89 Å². The Morgan fingerprint density at radius 3 is 2.53 bits per heavy atom. The van der Waals surface area contributed by atoms with E-state index in [2.05, 4.69) is 20.7 Å². The molecule has 3 N–H and O–H groups in total. The minimum atomic E-state index is -0.591. The summed E-state index contributed by atoms with van der Waals surface area (Å²) in [6.45, 7) is 7.06. The van der Waals surface area contributed by atoms with Crippen LogP contribution in [0.3, 0.4) is 0 Å². The Kier molecular flexibility index (Phi) is 7.13. The molecule has 2 bridgehead atoms. The van der Waals surface area contributed by atoms with Gasteiger partial charge in [-0.15, -0.1) is 0 Å². The molecule has 0 unspecified atom stereocenters. The molecule has 224 valence electrons. The average molecular weight is 584 g/mol. The largest absolute Gasteiger partial charge is 0.394 e. The van der Waals surface area contributed by atoms with Gasteiger partial charge in [0.15, 0.2) is 12.1 Å². The van der Waals surface area contributed by atoms with E-state index in [0.29, 0.717) is 28.8 Å². The molecule has 11 heteroatoms. The summed E-state index contributed by atoms with van der Waals surface area (Å²) in [4.78, 5) is 17.0. The molecule has 3 aromatic heterocycles. The number of nitrogens with zero attached hydrogens (tertiary/aromatic N) is 5. The topological polar surface area (TPSA) is 131 Å². The third-order valence-corrected chi connectivity index (χ3v) is 9.09. The van der Waals surface area contributed by atoms with E-state index in [1.807, 2.05) is 62.4 Å². The van der Waals surface area contributed by atoms with E-state index in [0.717, 1.165) is 61.5 Å². The number of pyridine rings is 2. The Balaban J connectivity index is 1.23. The van der Waals surface area contributed by atoms with Crippen molar-refractivity contribution in [3.05, 3.63) is 77.4 Å². The van der Waals surface area contributed by atoms with Crippen molar-refractivity contribution in [2.24, 2.45) is 0 Å². The molecule has 4 aliphatic rings. The van der Waals surface area contributed by atoms with Gasteiger partial charge in [0.1, 0.15) is 17.2 Å². The number of ether oxygens (including phenoxy) is 2. The van der Waals surface area contributed by atoms with E-state index in [9.17, 15) is 5.11 Å². The maximum Gasteiger partial charge on any atom is 0.261 e. The zero-order chi connectivity index (χ0) is 29.6. The highest BCUT2D eigenvalue weighted by Gasteiger charge is 2.44. The van der Waals surface area contributed by atoms with E-state index in [1.54, 1.807) is 13.3 Å². The van der Waals surface area contributed by atoms with Crippen molar-refractivity contribution in [1.29, 1.82) is 0 Å². The molecular weight excluding hydrogens is 546 g/mol. The van der Waals surface area contributed by atoms with Crippen LogP contribution in [0.25, 0.3) is 11.5 Å². The van der Waals surface area contributed by atoms with Crippen LogP contribution in [0, 0.1) is 0 Å². The summed E-state index contributed by atoms with van der Waals surface area (Å²) in [5, 5.41) is 21.7. The fraction of sp³-hybridized carbons (Fsp3) is 0.438. The second kappa shape index (κ2) is 11.0. The van der Waals surface area contributed by atoms with Crippen LogP contribution in [0.5, 0.6) is 0 Å². The summed E-state index contributed by atoms with van der Waals surface area (Å²) >= 11 is 0. The standard InChI is InChI=1S/C32H37N7O4/c1-31(2)27-21(29(41-3)42-31)9-10-25(36-27)35-26-17-23(34-24(19-40)20-7-5-4-6-8-20)22(18-33-26)28-37-30(38-43-28)32-11-14-39(15-12-32)16-13-32/h4-10,17-18,24,29,40H,11-16,19H2,1-3H3,(H2,33,34,35,36)/t24-,29-/m1/s1. The molecule has 0 spiro atoms. The van der Waals surface area contributed by atoms with Crippen LogP contribution in [-0.4, -0.2) is 63.5 Å². The van der Waals surface area contributed by atoms with E-state index < -0.39 is 11.9 Å². The van der Waals surface area contributed by atoms with Gasteiger partial charge < -0.3 is 34.6 Å². The van der Waals surface area contributed by atoms with E-state index >= 15 is 0 Å². The quantitative estimate of drug-likeness (QED) is 0.244. The molecule has 8 rings (SSSR count). The fourth-order valence-corrected chi connectivity index (χ4v) is 6.54. The van der Waals surface area contributed by atoms with Gasteiger partial charge in [0.05, 0.1) is 29.6 Å². The second-order valence-corrected chi connectivity index (χ2v) is 12.2. The van der Waals surface area contributed by atoms with Crippen LogP contribution in [0.2, 0.25) is 0 Å². The molecule has 4 aliphatic heterocycles. The van der Waals surface area contributed by atoms with Gasteiger partial charge >= 0.3 is 0 Å². The number of aromatic nitrogens is 4. The first-order valence-corrected chi connectivity index (χ1v) is 14.9. The fourth-order valence-electron chi connectivity index (χ4n) is 6.54. The van der Waals surface area contributed by atoms with Crippen LogP contribution >= 0.6 is 0 Å². The highest BCUT2D eigenvalue weighted by molar-refractivity contribution is 5.75. The van der Waals surface area contributed by atoms with Crippen molar-refractivity contribution in [2.45, 2.75) is 56.5 Å². The Morgan fingerprint density at radius 1 is 1.05 bits per heavy atom. The van der Waals surface area contributed by atoms with Crippen LogP contribution in [0.4, 0.5) is 17.3 Å². The summed E-state index contributed by atoms with van der Waals surface area (Å²) < 4.78 is 17.4. The maximum absolute atomic E-state index is 10.4. The molecule has 11 nitrogen and oxygen atoms in total. The van der Waals surface area contributed by atoms with Crippen LogP contribution in [-0.2, 0) is 20.5 Å². The molecule has 0 radical (unpaired) electrons. The zero-order valence-electron chi connectivity index (χ0n) is 24.7. The minimum absolute atomic E-state index is 0.0325. The number of aliphatic hydroxyl groups excluding tert-OH is 1. The number of methoxy groups -OCH3 is 1. The molecule has 3 fully saturated rings. The van der Waals surface area contributed by atoms with Crippen LogP contribution < -0.4 is 10.6 Å². The van der Waals surface area contributed by atoms with Crippen molar-refractivity contribution < 1.29 is 19.1 Å². The summed E-state index contributed by atoms with van der Waals surface area (Å²) in [6, 6.07) is 15.2. The van der Waals surface area contributed by atoms with Gasteiger partial charge in [0.2, 0.25) is 0 Å². The van der Waals surface area contributed by atoms with Crippen molar-refractivity contribution in [3.63, 3.8) is 0 Å². The van der Waals surface area contributed by atoms with Gasteiger partial charge in [-0.25, -0.2) is 9.97 Å². The number of benzene rings is 1. The molecule has 0 aliphatic carbocycles. The van der Waals surface area contributed by atoms with Gasteiger partial charge in [0, 0.05) is 30.4 Å².